The molecule has 1 aliphatic rings. The lowest BCUT2D eigenvalue weighted by Gasteiger charge is -2.34. The van der Waals surface area contributed by atoms with E-state index >= 15 is 0 Å². The number of fused-ring (bicyclic) bond motifs is 6. The van der Waals surface area contributed by atoms with E-state index in [4.69, 9.17) is 9.97 Å². The summed E-state index contributed by atoms with van der Waals surface area (Å²) in [5.41, 5.74) is 11.7. The number of nitrogens with one attached hydrogen (secondary N) is 3. The van der Waals surface area contributed by atoms with Gasteiger partial charge < -0.3 is 25.1 Å². The molecule has 8 nitrogen and oxygen atoms in total. The van der Waals surface area contributed by atoms with Crippen LogP contribution in [0.4, 0.5) is 0 Å². The Kier molecular flexibility index (Phi) is 10.7. The molecule has 0 spiro atoms. The number of carbonyl (C=O) groups is 1. The van der Waals surface area contributed by atoms with E-state index < -0.39 is 0 Å². The van der Waals surface area contributed by atoms with Gasteiger partial charge in [0.05, 0.1) is 42.6 Å². The fraction of sp³-hybridized carbons (Fsp3) is 0.419. The van der Waals surface area contributed by atoms with Crippen LogP contribution in [0.1, 0.15) is 90.5 Å². The second-order valence-corrected chi connectivity index (χ2v) is 14.5. The second-order valence-electron chi connectivity index (χ2n) is 14.5. The second kappa shape index (κ2) is 15.2. The molecule has 6 rings (SSSR count). The molecule has 51 heavy (non-hydrogen) atoms. The highest BCUT2D eigenvalue weighted by Gasteiger charge is 2.23. The average Bonchev–Trinajstić information content (AvgIpc) is 3.80. The third kappa shape index (κ3) is 7.46. The summed E-state index contributed by atoms with van der Waals surface area (Å²) >= 11 is 0. The molecule has 1 amide bonds. The first-order valence-corrected chi connectivity index (χ1v) is 18.8. The zero-order valence-electron chi connectivity index (χ0n) is 31.6. The number of hydrogen-bond acceptors (Lipinski definition) is 5. The van der Waals surface area contributed by atoms with E-state index in [1.165, 1.54) is 51.2 Å². The van der Waals surface area contributed by atoms with Gasteiger partial charge in [-0.05, 0) is 109 Å². The maximum absolute atomic E-state index is 11.6. The van der Waals surface area contributed by atoms with Gasteiger partial charge >= 0.3 is 0 Å². The molecule has 0 bridgehead atoms. The maximum Gasteiger partial charge on any atom is 0.217 e. The van der Waals surface area contributed by atoms with Crippen LogP contribution >= 0.6 is 0 Å². The van der Waals surface area contributed by atoms with E-state index in [1.807, 2.05) is 6.20 Å². The minimum absolute atomic E-state index is 0.0580. The lowest BCUT2D eigenvalue weighted by atomic mass is 9.83. The van der Waals surface area contributed by atoms with Gasteiger partial charge in [-0.1, -0.05) is 59.1 Å². The van der Waals surface area contributed by atoms with Crippen molar-refractivity contribution in [2.75, 3.05) is 6.54 Å². The lowest BCUT2D eigenvalue weighted by molar-refractivity contribution is -0.118. The van der Waals surface area contributed by atoms with Crippen molar-refractivity contribution in [2.24, 2.45) is 5.92 Å². The predicted octanol–water partition coefficient (Wildman–Crippen LogP) is 9.28. The summed E-state index contributed by atoms with van der Waals surface area (Å²) in [6.45, 7) is 25.4. The smallest absolute Gasteiger partial charge is 0.217 e. The van der Waals surface area contributed by atoms with Crippen molar-refractivity contribution in [1.82, 2.24) is 35.1 Å². The molecule has 0 fully saturated rings. The molecule has 1 aliphatic carbocycles. The van der Waals surface area contributed by atoms with Crippen molar-refractivity contribution < 1.29 is 4.79 Å². The summed E-state index contributed by atoms with van der Waals surface area (Å²) in [6, 6.07) is 16.6. The SMILES string of the molecule is C=C(CNC(C)=O)N(Cc1nc2c(ccc3cc4c(cc32)CCc2cc(-c3cnc(CN(C(=C)C(C)CC)[C@@H](C)CC)[nH]3)ccc2-4)[nH]1)[C@@H](C)CC. The van der Waals surface area contributed by atoms with Gasteiger partial charge in [0.2, 0.25) is 5.91 Å². The van der Waals surface area contributed by atoms with Crippen LogP contribution in [0.5, 0.6) is 0 Å². The van der Waals surface area contributed by atoms with Gasteiger partial charge in [-0.15, -0.1) is 0 Å². The molecule has 0 radical (unpaired) electrons. The van der Waals surface area contributed by atoms with Gasteiger partial charge in [0, 0.05) is 35.8 Å². The molecule has 1 unspecified atom stereocenters. The maximum atomic E-state index is 11.6. The zero-order valence-corrected chi connectivity index (χ0v) is 31.6. The molecule has 0 saturated heterocycles. The van der Waals surface area contributed by atoms with Crippen LogP contribution in [0.15, 0.2) is 73.2 Å². The molecule has 0 saturated carbocycles. The fourth-order valence-corrected chi connectivity index (χ4v) is 7.29. The number of amides is 1. The first kappa shape index (κ1) is 36.0. The number of carbonyl (C=O) groups excluding carboxylic acids is 1. The minimum atomic E-state index is -0.0580. The van der Waals surface area contributed by atoms with E-state index in [-0.39, 0.29) is 11.9 Å². The van der Waals surface area contributed by atoms with Crippen LogP contribution in [0.2, 0.25) is 0 Å². The van der Waals surface area contributed by atoms with E-state index in [1.54, 1.807) is 0 Å². The monoisotopic (exact) mass is 685 g/mol. The number of imidazole rings is 2. The zero-order chi connectivity index (χ0) is 36.4. The quantitative estimate of drug-likeness (QED) is 0.102. The van der Waals surface area contributed by atoms with E-state index in [0.29, 0.717) is 25.0 Å². The van der Waals surface area contributed by atoms with E-state index in [9.17, 15) is 4.79 Å². The summed E-state index contributed by atoms with van der Waals surface area (Å²) in [6.07, 6.45) is 7.05. The third-order valence-electron chi connectivity index (χ3n) is 11.1. The summed E-state index contributed by atoms with van der Waals surface area (Å²) in [5, 5.41) is 5.25. The Morgan fingerprint density at radius 1 is 0.863 bits per heavy atom. The summed E-state index contributed by atoms with van der Waals surface area (Å²) in [7, 11) is 0. The molecule has 3 atom stereocenters. The average molecular weight is 686 g/mol. The number of H-pyrrole nitrogens is 2. The topological polar surface area (TPSA) is 92.9 Å². The lowest BCUT2D eigenvalue weighted by Crippen LogP contribution is -2.36. The van der Waals surface area contributed by atoms with E-state index in [0.717, 1.165) is 72.7 Å². The first-order chi connectivity index (χ1) is 24.5. The summed E-state index contributed by atoms with van der Waals surface area (Å²) in [5.74, 6) is 2.25. The Morgan fingerprint density at radius 2 is 1.57 bits per heavy atom. The third-order valence-corrected chi connectivity index (χ3v) is 11.1. The van der Waals surface area contributed by atoms with Crippen LogP contribution < -0.4 is 5.32 Å². The fourth-order valence-electron chi connectivity index (χ4n) is 7.29. The Bertz CT molecular complexity index is 2070. The van der Waals surface area contributed by atoms with Gasteiger partial charge in [0.25, 0.3) is 0 Å². The molecule has 5 aromatic rings. The Hall–Kier alpha value is -4.85. The van der Waals surface area contributed by atoms with Crippen LogP contribution in [0.3, 0.4) is 0 Å². The van der Waals surface area contributed by atoms with E-state index in [2.05, 4.69) is 122 Å². The standard InChI is InChI=1S/C43H55N7O/c1-10-26(4)30(8)50(28(6)12-3)24-41-45-23-40(47-41)35-15-17-36-32(19-35)13-14-33-21-38-34(20-37(33)36)16-18-39-43(38)48-42(46-39)25-49(27(5)11-2)29(7)22-44-31(9)51/h15-21,23,26-28H,7-8,10-14,22,24-25H2,1-6,9H3,(H,44,51)(H,45,47)(H,46,48)/t26?,27-,28-/m0/s1. The Balaban J connectivity index is 1.25. The van der Waals surface area contributed by atoms with Gasteiger partial charge in [-0.25, -0.2) is 9.97 Å². The highest BCUT2D eigenvalue weighted by Crippen LogP contribution is 2.39. The van der Waals surface area contributed by atoms with Crippen LogP contribution in [0.25, 0.3) is 44.2 Å². The minimum Gasteiger partial charge on any atom is -0.365 e. The van der Waals surface area contributed by atoms with Crippen molar-refractivity contribution in [3.8, 4) is 22.4 Å². The summed E-state index contributed by atoms with van der Waals surface area (Å²) < 4.78 is 0. The Morgan fingerprint density at radius 3 is 2.27 bits per heavy atom. The van der Waals surface area contributed by atoms with Gasteiger partial charge in [-0.2, -0.15) is 0 Å². The van der Waals surface area contributed by atoms with Crippen molar-refractivity contribution in [3.63, 3.8) is 0 Å². The molecule has 2 aromatic heterocycles. The predicted molar refractivity (Wildman–Crippen MR) is 211 cm³/mol. The van der Waals surface area contributed by atoms with Gasteiger partial charge in [0.1, 0.15) is 11.6 Å². The molecule has 0 aliphatic heterocycles. The number of nitrogens with zero attached hydrogens (tertiary/aromatic N) is 4. The number of hydrogen-bond donors (Lipinski definition) is 3. The molecule has 268 valence electrons. The Labute approximate surface area is 303 Å². The van der Waals surface area contributed by atoms with Crippen molar-refractivity contribution in [3.05, 3.63) is 96.0 Å². The largest absolute Gasteiger partial charge is 0.365 e. The molecule has 3 N–H and O–H groups in total. The number of benzene rings is 3. The van der Waals surface area contributed by atoms with Crippen LogP contribution in [-0.2, 0) is 30.7 Å². The van der Waals surface area contributed by atoms with Gasteiger partial charge in [0.15, 0.2) is 0 Å². The van der Waals surface area contributed by atoms with Crippen LogP contribution in [0, 0.1) is 5.92 Å². The summed E-state index contributed by atoms with van der Waals surface area (Å²) in [4.78, 5) is 33.3. The molecular weight excluding hydrogens is 631 g/mol. The normalized spacial score (nSPS) is 14.1. The van der Waals surface area contributed by atoms with Crippen molar-refractivity contribution in [1.29, 1.82) is 0 Å². The van der Waals surface area contributed by atoms with Gasteiger partial charge in [-0.3, -0.25) is 4.79 Å². The number of allylic oxidation sites excluding steroid dienone is 1. The highest BCUT2D eigenvalue weighted by molar-refractivity contribution is 6.06. The molecule has 3 aromatic carbocycles. The van der Waals surface area contributed by atoms with Crippen molar-refractivity contribution >= 4 is 27.7 Å². The number of aryl methyl sites for hydroxylation is 2. The molecule has 8 heteroatoms. The number of aromatic nitrogens is 4. The highest BCUT2D eigenvalue weighted by atomic mass is 16.1. The van der Waals surface area contributed by atoms with Crippen LogP contribution in [-0.4, -0.2) is 54.3 Å². The molecule has 2 heterocycles. The molecular formula is C43H55N7O. The number of rotatable bonds is 15. The number of aromatic amines is 2. The first-order valence-electron chi connectivity index (χ1n) is 18.8. The van der Waals surface area contributed by atoms with Crippen molar-refractivity contribution in [2.45, 2.75) is 106 Å².